The van der Waals surface area contributed by atoms with E-state index in [2.05, 4.69) is 15.9 Å². The van der Waals surface area contributed by atoms with E-state index in [0.717, 1.165) is 11.8 Å². The van der Waals surface area contributed by atoms with Crippen molar-refractivity contribution in [3.63, 3.8) is 0 Å². The lowest BCUT2D eigenvalue weighted by atomic mass is 10.1. The minimum Gasteiger partial charge on any atom is -0.494 e. The average Bonchev–Trinajstić information content (AvgIpc) is 2.14. The molecule has 1 N–H and O–H groups in total. The molecule has 4 nitrogen and oxygen atoms in total. The number of aliphatic hydroxyl groups is 1. The minimum absolute atomic E-state index is 0.130. The number of benzene rings is 1. The van der Waals surface area contributed by atoms with Crippen molar-refractivity contribution in [1.82, 2.24) is 0 Å². The number of methoxy groups -OCH3 is 1. The van der Waals surface area contributed by atoms with Crippen LogP contribution in [0.5, 0.6) is 5.75 Å². The van der Waals surface area contributed by atoms with Crippen LogP contribution in [0, 0.1) is 0 Å². The van der Waals surface area contributed by atoms with Gasteiger partial charge in [-0.15, -0.1) is 0 Å². The van der Waals surface area contributed by atoms with Crippen molar-refractivity contribution in [1.29, 1.82) is 0 Å². The molecule has 1 rings (SSSR count). The zero-order valence-electron chi connectivity index (χ0n) is 9.90. The van der Waals surface area contributed by atoms with Gasteiger partial charge in [-0.2, -0.15) is 0 Å². The lowest BCUT2D eigenvalue weighted by Crippen LogP contribution is -2.07. The quantitative estimate of drug-likeness (QED) is 0.917. The molecular weight excluding hydrogens is 308 g/mol. The summed E-state index contributed by atoms with van der Waals surface area (Å²) in [6.07, 6.45) is 0.997. The Morgan fingerprint density at radius 2 is 2.06 bits per heavy atom. The Hall–Kier alpha value is -0.590. The summed E-state index contributed by atoms with van der Waals surface area (Å²) in [4.78, 5) is 0.130. The van der Waals surface area contributed by atoms with E-state index in [0.29, 0.717) is 16.6 Å². The Bertz CT molecular complexity index is 508. The van der Waals surface area contributed by atoms with E-state index >= 15 is 0 Å². The molecule has 96 valence electrons. The van der Waals surface area contributed by atoms with Crippen LogP contribution in [-0.4, -0.2) is 33.0 Å². The van der Waals surface area contributed by atoms with Gasteiger partial charge >= 0.3 is 0 Å². The van der Waals surface area contributed by atoms with E-state index in [1.54, 1.807) is 13.0 Å². The molecule has 1 atom stereocenters. The molecule has 6 heteroatoms. The number of hydrogen-bond donors (Lipinski definition) is 1. The lowest BCUT2D eigenvalue weighted by Gasteiger charge is -2.12. The van der Waals surface area contributed by atoms with Crippen LogP contribution in [-0.2, 0) is 16.3 Å². The predicted octanol–water partition coefficient (Wildman–Crippen LogP) is 1.78. The van der Waals surface area contributed by atoms with Crippen molar-refractivity contribution in [3.05, 3.63) is 22.2 Å². The molecule has 0 aliphatic rings. The van der Waals surface area contributed by atoms with Gasteiger partial charge in [-0.25, -0.2) is 8.42 Å². The van der Waals surface area contributed by atoms with Crippen LogP contribution < -0.4 is 4.74 Å². The van der Waals surface area contributed by atoms with Gasteiger partial charge in [-0.3, -0.25) is 0 Å². The molecule has 0 fully saturated rings. The van der Waals surface area contributed by atoms with Crippen molar-refractivity contribution in [3.8, 4) is 5.75 Å². The summed E-state index contributed by atoms with van der Waals surface area (Å²) >= 11 is 3.27. The van der Waals surface area contributed by atoms with Crippen LogP contribution in [0.25, 0.3) is 0 Å². The molecule has 0 aliphatic carbocycles. The van der Waals surface area contributed by atoms with E-state index in [1.165, 1.54) is 13.2 Å². The van der Waals surface area contributed by atoms with Crippen molar-refractivity contribution in [2.45, 2.75) is 24.3 Å². The summed E-state index contributed by atoms with van der Waals surface area (Å²) in [5.41, 5.74) is 0.744. The maximum atomic E-state index is 11.6. The number of hydrogen-bond acceptors (Lipinski definition) is 4. The maximum Gasteiger partial charge on any atom is 0.179 e. The molecule has 1 aromatic rings. The topological polar surface area (TPSA) is 63.6 Å². The summed E-state index contributed by atoms with van der Waals surface area (Å²) in [5.74, 6) is 0.293. The normalized spacial score (nSPS) is 13.5. The smallest absolute Gasteiger partial charge is 0.179 e. The van der Waals surface area contributed by atoms with E-state index in [4.69, 9.17) is 4.74 Å². The van der Waals surface area contributed by atoms with Gasteiger partial charge in [0.15, 0.2) is 15.6 Å². The number of rotatable bonds is 4. The molecule has 1 unspecified atom stereocenters. The third-order valence-corrected chi connectivity index (χ3v) is 3.90. The molecule has 0 saturated heterocycles. The minimum atomic E-state index is -3.36. The summed E-state index contributed by atoms with van der Waals surface area (Å²) < 4.78 is 28.9. The van der Waals surface area contributed by atoms with E-state index in [-0.39, 0.29) is 4.90 Å². The Balaban J connectivity index is 3.39. The van der Waals surface area contributed by atoms with Gasteiger partial charge in [-0.05, 0) is 47.0 Å². The highest BCUT2D eigenvalue weighted by molar-refractivity contribution is 9.10. The summed E-state index contributed by atoms with van der Waals surface area (Å²) in [5, 5.41) is 9.32. The Morgan fingerprint density at radius 3 is 2.47 bits per heavy atom. The van der Waals surface area contributed by atoms with Crippen molar-refractivity contribution in [2.75, 3.05) is 13.4 Å². The second kappa shape index (κ2) is 5.37. The third-order valence-electron chi connectivity index (χ3n) is 2.20. The monoisotopic (exact) mass is 322 g/mol. The zero-order valence-corrected chi connectivity index (χ0v) is 12.3. The molecule has 0 bridgehead atoms. The molecule has 0 spiro atoms. The van der Waals surface area contributed by atoms with Crippen LogP contribution in [0.15, 0.2) is 21.5 Å². The molecule has 17 heavy (non-hydrogen) atoms. The van der Waals surface area contributed by atoms with Crippen LogP contribution in [0.4, 0.5) is 0 Å². The largest absolute Gasteiger partial charge is 0.494 e. The van der Waals surface area contributed by atoms with Gasteiger partial charge in [0.1, 0.15) is 4.90 Å². The molecule has 0 aliphatic heterocycles. The first-order valence-corrected chi connectivity index (χ1v) is 7.68. The Labute approximate surface area is 110 Å². The highest BCUT2D eigenvalue weighted by atomic mass is 79.9. The predicted molar refractivity (Wildman–Crippen MR) is 69.2 cm³/mol. The second-order valence-corrected chi connectivity index (χ2v) is 6.77. The summed E-state index contributed by atoms with van der Waals surface area (Å²) in [6.45, 7) is 1.65. The van der Waals surface area contributed by atoms with Crippen molar-refractivity contribution < 1.29 is 18.3 Å². The number of ether oxygens (including phenoxy) is 1. The highest BCUT2D eigenvalue weighted by Gasteiger charge is 2.18. The van der Waals surface area contributed by atoms with E-state index in [1.807, 2.05) is 0 Å². The average molecular weight is 323 g/mol. The first-order chi connectivity index (χ1) is 7.75. The lowest BCUT2D eigenvalue weighted by molar-refractivity contribution is 0.195. The Kier molecular flexibility index (Phi) is 4.57. The molecular formula is C11H15BrO4S. The molecule has 0 saturated carbocycles. The highest BCUT2D eigenvalue weighted by Crippen LogP contribution is 2.34. The number of sulfone groups is 1. The van der Waals surface area contributed by atoms with Gasteiger partial charge in [-0.1, -0.05) is 0 Å². The van der Waals surface area contributed by atoms with Crippen LogP contribution in [0.3, 0.4) is 0 Å². The third kappa shape index (κ3) is 3.69. The second-order valence-electron chi connectivity index (χ2n) is 3.93. The first-order valence-electron chi connectivity index (χ1n) is 5.00. The van der Waals surface area contributed by atoms with Gasteiger partial charge in [0.2, 0.25) is 0 Å². The molecule has 0 radical (unpaired) electrons. The summed E-state index contributed by atoms with van der Waals surface area (Å²) in [7, 11) is -1.94. The van der Waals surface area contributed by atoms with Crippen molar-refractivity contribution in [2.24, 2.45) is 0 Å². The van der Waals surface area contributed by atoms with E-state index in [9.17, 15) is 13.5 Å². The molecule has 0 aromatic heterocycles. The van der Waals surface area contributed by atoms with Crippen LogP contribution in [0.2, 0.25) is 0 Å². The fourth-order valence-electron chi connectivity index (χ4n) is 1.55. The zero-order chi connectivity index (χ0) is 13.2. The van der Waals surface area contributed by atoms with Crippen molar-refractivity contribution >= 4 is 25.8 Å². The standard InChI is InChI=1S/C11H15BrO4S/c1-7(13)4-8-5-9(12)11(16-2)10(6-8)17(3,14)15/h5-7,13H,4H2,1-3H3. The summed E-state index contributed by atoms with van der Waals surface area (Å²) in [6, 6.07) is 3.28. The van der Waals surface area contributed by atoms with Crippen LogP contribution in [0.1, 0.15) is 12.5 Å². The molecule has 0 heterocycles. The molecule has 0 amide bonds. The van der Waals surface area contributed by atoms with Gasteiger partial charge in [0.25, 0.3) is 0 Å². The van der Waals surface area contributed by atoms with Gasteiger partial charge in [0, 0.05) is 6.26 Å². The fraction of sp³-hybridized carbons (Fsp3) is 0.455. The maximum absolute atomic E-state index is 11.6. The first kappa shape index (κ1) is 14.5. The van der Waals surface area contributed by atoms with Crippen LogP contribution >= 0.6 is 15.9 Å². The van der Waals surface area contributed by atoms with Gasteiger partial charge in [0.05, 0.1) is 17.7 Å². The van der Waals surface area contributed by atoms with Gasteiger partial charge < -0.3 is 9.84 Å². The molecule has 1 aromatic carbocycles. The number of halogens is 1. The fourth-order valence-corrected chi connectivity index (χ4v) is 3.25. The number of aliphatic hydroxyl groups excluding tert-OH is 1. The van der Waals surface area contributed by atoms with E-state index < -0.39 is 15.9 Å². The SMILES string of the molecule is COc1c(Br)cc(CC(C)O)cc1S(C)(=O)=O. The Morgan fingerprint density at radius 1 is 1.47 bits per heavy atom.